The van der Waals surface area contributed by atoms with Crippen molar-refractivity contribution in [1.29, 1.82) is 0 Å². The monoisotopic (exact) mass is 324 g/mol. The minimum atomic E-state index is 0.182. The van der Waals surface area contributed by atoms with Crippen LogP contribution in [0.5, 0.6) is 0 Å². The summed E-state index contributed by atoms with van der Waals surface area (Å²) < 4.78 is 1.11. The number of nitrogens with two attached hydrogens (primary N) is 1. The molecular weight excluding hydrogens is 308 g/mol. The summed E-state index contributed by atoms with van der Waals surface area (Å²) in [5, 5.41) is 2.11. The molecule has 0 saturated heterocycles. The molecule has 1 atom stereocenters. The molecule has 0 spiro atoms. The lowest BCUT2D eigenvalue weighted by atomic mass is 10.0. The highest BCUT2D eigenvalue weighted by atomic mass is 79.9. The quantitative estimate of drug-likeness (QED) is 0.645. The van der Waals surface area contributed by atoms with Gasteiger partial charge < -0.3 is 0 Å². The second kappa shape index (κ2) is 6.48. The van der Waals surface area contributed by atoms with E-state index in [-0.39, 0.29) is 6.04 Å². The predicted molar refractivity (Wildman–Crippen MR) is 81.6 cm³/mol. The Hall–Kier alpha value is -0.680. The van der Waals surface area contributed by atoms with Gasteiger partial charge in [-0.15, -0.1) is 11.3 Å². The number of benzene rings is 1. The van der Waals surface area contributed by atoms with Crippen LogP contribution in [0.2, 0.25) is 0 Å². The van der Waals surface area contributed by atoms with E-state index in [0.29, 0.717) is 0 Å². The molecule has 96 valence electrons. The van der Waals surface area contributed by atoms with Crippen molar-refractivity contribution in [3.05, 3.63) is 56.2 Å². The Balaban J connectivity index is 2.10. The SMILES string of the molecule is Cc1ccc(Br)c(C(CCc2cccs2)NN)c1. The summed E-state index contributed by atoms with van der Waals surface area (Å²) >= 11 is 5.40. The lowest BCUT2D eigenvalue weighted by Crippen LogP contribution is -2.28. The van der Waals surface area contributed by atoms with E-state index in [9.17, 15) is 0 Å². The first kappa shape index (κ1) is 13.7. The fourth-order valence-electron chi connectivity index (χ4n) is 2.00. The van der Waals surface area contributed by atoms with Gasteiger partial charge in [-0.2, -0.15) is 0 Å². The third kappa shape index (κ3) is 3.42. The molecular formula is C14H17BrN2S. The van der Waals surface area contributed by atoms with Crippen molar-refractivity contribution < 1.29 is 0 Å². The average molecular weight is 325 g/mol. The number of hydrazine groups is 1. The third-order valence-corrected chi connectivity index (χ3v) is 4.65. The second-order valence-electron chi connectivity index (χ2n) is 4.36. The van der Waals surface area contributed by atoms with Crippen LogP contribution in [0.25, 0.3) is 0 Å². The summed E-state index contributed by atoms with van der Waals surface area (Å²) in [6, 6.07) is 10.8. The van der Waals surface area contributed by atoms with E-state index in [1.807, 2.05) is 0 Å². The number of thiophene rings is 1. The van der Waals surface area contributed by atoms with Crippen LogP contribution >= 0.6 is 27.3 Å². The molecule has 0 saturated carbocycles. The summed E-state index contributed by atoms with van der Waals surface area (Å²) in [5.74, 6) is 5.70. The molecule has 2 nitrogen and oxygen atoms in total. The maximum absolute atomic E-state index is 5.70. The molecule has 1 heterocycles. The lowest BCUT2D eigenvalue weighted by Gasteiger charge is -2.18. The van der Waals surface area contributed by atoms with Crippen molar-refractivity contribution in [2.75, 3.05) is 0 Å². The zero-order valence-electron chi connectivity index (χ0n) is 10.3. The Bertz CT molecular complexity index is 497. The van der Waals surface area contributed by atoms with E-state index >= 15 is 0 Å². The summed E-state index contributed by atoms with van der Waals surface area (Å²) in [5.41, 5.74) is 5.41. The fourth-order valence-corrected chi connectivity index (χ4v) is 3.25. The van der Waals surface area contributed by atoms with Crippen molar-refractivity contribution in [1.82, 2.24) is 5.43 Å². The van der Waals surface area contributed by atoms with Crippen molar-refractivity contribution in [2.24, 2.45) is 5.84 Å². The maximum Gasteiger partial charge on any atom is 0.0474 e. The van der Waals surface area contributed by atoms with Crippen LogP contribution in [-0.2, 0) is 6.42 Å². The fraction of sp³-hybridized carbons (Fsp3) is 0.286. The van der Waals surface area contributed by atoms with Gasteiger partial charge in [0.2, 0.25) is 0 Å². The first-order chi connectivity index (χ1) is 8.70. The molecule has 2 aromatic rings. The average Bonchev–Trinajstić information content (AvgIpc) is 2.87. The van der Waals surface area contributed by atoms with Crippen LogP contribution in [-0.4, -0.2) is 0 Å². The van der Waals surface area contributed by atoms with Gasteiger partial charge in [-0.25, -0.2) is 0 Å². The van der Waals surface area contributed by atoms with E-state index < -0.39 is 0 Å². The van der Waals surface area contributed by atoms with E-state index in [0.717, 1.165) is 17.3 Å². The minimum Gasteiger partial charge on any atom is -0.271 e. The van der Waals surface area contributed by atoms with Crippen LogP contribution in [0.3, 0.4) is 0 Å². The third-order valence-electron chi connectivity index (χ3n) is 2.99. The molecule has 1 aromatic carbocycles. The van der Waals surface area contributed by atoms with Crippen molar-refractivity contribution in [3.8, 4) is 0 Å². The molecule has 1 unspecified atom stereocenters. The molecule has 2 rings (SSSR count). The van der Waals surface area contributed by atoms with E-state index in [2.05, 4.69) is 64.0 Å². The standard InChI is InChI=1S/C14H17BrN2S/c1-10-4-6-13(15)12(9-10)14(17-16)7-5-11-3-2-8-18-11/h2-4,6,8-9,14,17H,5,7,16H2,1H3. The van der Waals surface area contributed by atoms with Crippen LogP contribution in [0, 0.1) is 6.92 Å². The van der Waals surface area contributed by atoms with Crippen molar-refractivity contribution in [3.63, 3.8) is 0 Å². The Morgan fingerprint density at radius 3 is 2.89 bits per heavy atom. The molecule has 4 heteroatoms. The highest BCUT2D eigenvalue weighted by molar-refractivity contribution is 9.10. The highest BCUT2D eigenvalue weighted by Gasteiger charge is 2.13. The van der Waals surface area contributed by atoms with Gasteiger partial charge in [-0.05, 0) is 42.8 Å². The van der Waals surface area contributed by atoms with Crippen LogP contribution < -0.4 is 11.3 Å². The van der Waals surface area contributed by atoms with Gasteiger partial charge in [-0.3, -0.25) is 11.3 Å². The second-order valence-corrected chi connectivity index (χ2v) is 6.25. The zero-order valence-corrected chi connectivity index (χ0v) is 12.7. The first-order valence-corrected chi connectivity index (χ1v) is 7.62. The topological polar surface area (TPSA) is 38.0 Å². The molecule has 1 aromatic heterocycles. The molecule has 0 bridgehead atoms. The molecule has 0 amide bonds. The lowest BCUT2D eigenvalue weighted by molar-refractivity contribution is 0.516. The molecule has 0 radical (unpaired) electrons. The summed E-state index contributed by atoms with van der Waals surface area (Å²) in [6.45, 7) is 2.10. The Morgan fingerprint density at radius 1 is 1.39 bits per heavy atom. The van der Waals surface area contributed by atoms with Crippen molar-refractivity contribution >= 4 is 27.3 Å². The summed E-state index contributed by atoms with van der Waals surface area (Å²) in [7, 11) is 0. The highest BCUT2D eigenvalue weighted by Crippen LogP contribution is 2.27. The van der Waals surface area contributed by atoms with Gasteiger partial charge in [0.25, 0.3) is 0 Å². The number of nitrogens with one attached hydrogen (secondary N) is 1. The Kier molecular flexibility index (Phi) is 4.95. The van der Waals surface area contributed by atoms with Crippen LogP contribution in [0.4, 0.5) is 0 Å². The van der Waals surface area contributed by atoms with Gasteiger partial charge in [0.05, 0.1) is 0 Å². The number of aryl methyl sites for hydroxylation is 2. The van der Waals surface area contributed by atoms with E-state index in [1.165, 1.54) is 16.0 Å². The smallest absolute Gasteiger partial charge is 0.0474 e. The first-order valence-electron chi connectivity index (χ1n) is 5.95. The zero-order chi connectivity index (χ0) is 13.0. The number of hydrogen-bond acceptors (Lipinski definition) is 3. The largest absolute Gasteiger partial charge is 0.271 e. The van der Waals surface area contributed by atoms with E-state index in [1.54, 1.807) is 11.3 Å². The predicted octanol–water partition coefficient (Wildman–Crippen LogP) is 3.96. The van der Waals surface area contributed by atoms with Crippen molar-refractivity contribution in [2.45, 2.75) is 25.8 Å². The number of hydrogen-bond donors (Lipinski definition) is 2. The Labute approximate surface area is 120 Å². The molecule has 18 heavy (non-hydrogen) atoms. The summed E-state index contributed by atoms with van der Waals surface area (Å²) in [4.78, 5) is 1.40. The molecule has 0 aliphatic carbocycles. The number of rotatable bonds is 5. The summed E-state index contributed by atoms with van der Waals surface area (Å²) in [6.07, 6.45) is 2.05. The molecule has 0 aliphatic heterocycles. The van der Waals surface area contributed by atoms with Crippen LogP contribution in [0.1, 0.15) is 28.5 Å². The molecule has 3 N–H and O–H groups in total. The van der Waals surface area contributed by atoms with Gasteiger partial charge >= 0.3 is 0 Å². The number of halogens is 1. The van der Waals surface area contributed by atoms with Gasteiger partial charge in [0.15, 0.2) is 0 Å². The minimum absolute atomic E-state index is 0.182. The normalized spacial score (nSPS) is 12.6. The molecule has 0 fully saturated rings. The van der Waals surface area contributed by atoms with Gasteiger partial charge in [-0.1, -0.05) is 39.7 Å². The van der Waals surface area contributed by atoms with Gasteiger partial charge in [0.1, 0.15) is 0 Å². The Morgan fingerprint density at radius 2 is 2.22 bits per heavy atom. The molecule has 0 aliphatic rings. The van der Waals surface area contributed by atoms with Crippen LogP contribution in [0.15, 0.2) is 40.2 Å². The van der Waals surface area contributed by atoms with Gasteiger partial charge in [0, 0.05) is 15.4 Å². The van der Waals surface area contributed by atoms with E-state index in [4.69, 9.17) is 5.84 Å². The maximum atomic E-state index is 5.70.